The summed E-state index contributed by atoms with van der Waals surface area (Å²) in [6, 6.07) is 5.50. The monoisotopic (exact) mass is 321 g/mol. The fraction of sp³-hybridized carbons (Fsp3) is 0.438. The van der Waals surface area contributed by atoms with E-state index in [0.717, 1.165) is 27.9 Å². The summed E-state index contributed by atoms with van der Waals surface area (Å²) < 4.78 is 5.49. The molecule has 118 valence electrons. The van der Waals surface area contributed by atoms with E-state index in [1.54, 1.807) is 0 Å². The van der Waals surface area contributed by atoms with Gasteiger partial charge in [0.2, 0.25) is 5.91 Å². The van der Waals surface area contributed by atoms with Crippen molar-refractivity contribution >= 4 is 28.4 Å². The van der Waals surface area contributed by atoms with Crippen LogP contribution in [0, 0.1) is 0 Å². The number of hydrogen-bond acceptors (Lipinski definition) is 3. The molecule has 1 aromatic heterocycles. The van der Waals surface area contributed by atoms with Crippen molar-refractivity contribution in [2.45, 2.75) is 25.5 Å². The van der Waals surface area contributed by atoms with Gasteiger partial charge in [-0.15, -0.1) is 0 Å². The van der Waals surface area contributed by atoms with Crippen molar-refractivity contribution in [1.29, 1.82) is 0 Å². The fourth-order valence-corrected chi connectivity index (χ4v) is 2.99. The molecule has 5 nitrogen and oxygen atoms in total. The van der Waals surface area contributed by atoms with Gasteiger partial charge in [-0.3, -0.25) is 4.79 Å². The molecule has 1 aromatic carbocycles. The van der Waals surface area contributed by atoms with Gasteiger partial charge in [-0.1, -0.05) is 11.6 Å². The van der Waals surface area contributed by atoms with Gasteiger partial charge in [0.1, 0.15) is 6.04 Å². The number of amides is 1. The van der Waals surface area contributed by atoms with Gasteiger partial charge >= 0.3 is 0 Å². The number of benzene rings is 1. The summed E-state index contributed by atoms with van der Waals surface area (Å²) in [6.07, 6.45) is 2.63. The third-order valence-electron chi connectivity index (χ3n) is 4.02. The van der Waals surface area contributed by atoms with Gasteiger partial charge in [0, 0.05) is 35.2 Å². The van der Waals surface area contributed by atoms with E-state index in [0.29, 0.717) is 19.7 Å². The zero-order valence-corrected chi connectivity index (χ0v) is 13.2. The predicted octanol–water partition coefficient (Wildman–Crippen LogP) is 1.86. The molecule has 3 rings (SSSR count). The van der Waals surface area contributed by atoms with E-state index in [9.17, 15) is 4.79 Å². The molecule has 3 N–H and O–H groups in total. The summed E-state index contributed by atoms with van der Waals surface area (Å²) >= 11 is 6.04. The van der Waals surface area contributed by atoms with Gasteiger partial charge in [-0.05, 0) is 37.1 Å². The Morgan fingerprint density at radius 1 is 1.50 bits per heavy atom. The Morgan fingerprint density at radius 3 is 3.18 bits per heavy atom. The van der Waals surface area contributed by atoms with Crippen LogP contribution in [0.2, 0.25) is 5.02 Å². The maximum atomic E-state index is 12.2. The number of halogens is 1. The molecular weight excluding hydrogens is 302 g/mol. The highest BCUT2D eigenvalue weighted by Crippen LogP contribution is 2.22. The first-order valence-corrected chi connectivity index (χ1v) is 7.91. The molecule has 6 heteroatoms. The Hall–Kier alpha value is -1.56. The smallest absolute Gasteiger partial charge is 0.239 e. The second-order valence-corrected chi connectivity index (χ2v) is 5.99. The Bertz CT molecular complexity index is 670. The average molecular weight is 322 g/mol. The van der Waals surface area contributed by atoms with E-state index < -0.39 is 0 Å². The molecule has 0 unspecified atom stereocenters. The number of rotatable bonds is 4. The summed E-state index contributed by atoms with van der Waals surface area (Å²) in [5.74, 6) is -0.00919. The summed E-state index contributed by atoms with van der Waals surface area (Å²) in [5.41, 5.74) is 2.21. The summed E-state index contributed by atoms with van der Waals surface area (Å²) in [7, 11) is 0. The molecule has 1 saturated heterocycles. The number of fused-ring (bicyclic) bond motifs is 1. The zero-order valence-electron chi connectivity index (χ0n) is 12.5. The van der Waals surface area contributed by atoms with E-state index in [-0.39, 0.29) is 18.1 Å². The van der Waals surface area contributed by atoms with Gasteiger partial charge in [-0.2, -0.15) is 0 Å². The third-order valence-corrected chi connectivity index (χ3v) is 4.26. The minimum absolute atomic E-state index is 0.00919. The van der Waals surface area contributed by atoms with Crippen molar-refractivity contribution in [3.63, 3.8) is 0 Å². The second kappa shape index (κ2) is 6.69. The molecule has 2 atom stereocenters. The van der Waals surface area contributed by atoms with Gasteiger partial charge in [0.25, 0.3) is 0 Å². The first-order chi connectivity index (χ1) is 10.6. The molecule has 1 aliphatic heterocycles. The van der Waals surface area contributed by atoms with Crippen LogP contribution in [-0.4, -0.2) is 42.7 Å². The summed E-state index contributed by atoms with van der Waals surface area (Å²) in [4.78, 5) is 15.4. The highest BCUT2D eigenvalue weighted by molar-refractivity contribution is 6.31. The Labute approximate surface area is 134 Å². The van der Waals surface area contributed by atoms with Crippen molar-refractivity contribution in [1.82, 2.24) is 15.6 Å². The van der Waals surface area contributed by atoms with Crippen LogP contribution in [0.3, 0.4) is 0 Å². The van der Waals surface area contributed by atoms with Crippen LogP contribution in [0.25, 0.3) is 10.9 Å². The predicted molar refractivity (Wildman–Crippen MR) is 87.2 cm³/mol. The van der Waals surface area contributed by atoms with E-state index >= 15 is 0 Å². The van der Waals surface area contributed by atoms with Gasteiger partial charge in [-0.25, -0.2) is 0 Å². The summed E-state index contributed by atoms with van der Waals surface area (Å²) in [6.45, 7) is 3.87. The van der Waals surface area contributed by atoms with Crippen molar-refractivity contribution in [2.24, 2.45) is 0 Å². The largest absolute Gasteiger partial charge is 0.375 e. The molecule has 1 aliphatic rings. The average Bonchev–Trinajstić information content (AvgIpc) is 2.90. The summed E-state index contributed by atoms with van der Waals surface area (Å²) in [5, 5.41) is 7.98. The molecule has 0 saturated carbocycles. The van der Waals surface area contributed by atoms with Crippen LogP contribution < -0.4 is 10.6 Å². The first-order valence-electron chi connectivity index (χ1n) is 7.53. The van der Waals surface area contributed by atoms with E-state index in [2.05, 4.69) is 15.6 Å². The number of aromatic nitrogens is 1. The molecule has 22 heavy (non-hydrogen) atoms. The highest BCUT2D eigenvalue weighted by Gasteiger charge is 2.27. The maximum absolute atomic E-state index is 12.2. The lowest BCUT2D eigenvalue weighted by molar-refractivity contribution is -0.128. The van der Waals surface area contributed by atoms with E-state index in [1.165, 1.54) is 0 Å². The fourth-order valence-electron chi connectivity index (χ4n) is 2.82. The van der Waals surface area contributed by atoms with E-state index in [1.807, 2.05) is 31.3 Å². The lowest BCUT2D eigenvalue weighted by Crippen LogP contribution is -2.55. The normalized spacial score (nSPS) is 21.9. The second-order valence-electron chi connectivity index (χ2n) is 5.55. The number of nitrogens with one attached hydrogen (secondary N) is 3. The van der Waals surface area contributed by atoms with Gasteiger partial charge < -0.3 is 20.4 Å². The van der Waals surface area contributed by atoms with Crippen LogP contribution in [0.15, 0.2) is 24.4 Å². The molecule has 0 spiro atoms. The SMILES string of the molecule is C[C@H]1OCCN[C@@H]1C(=O)NCCc1c[nH]c2ccc(Cl)cc12. The molecule has 2 aromatic rings. The number of hydrogen-bond donors (Lipinski definition) is 3. The van der Waals surface area contributed by atoms with Crippen LogP contribution in [0.1, 0.15) is 12.5 Å². The van der Waals surface area contributed by atoms with Gasteiger partial charge in [0.05, 0.1) is 12.7 Å². The number of carbonyl (C=O) groups is 1. The first kappa shape index (κ1) is 15.3. The molecule has 0 aliphatic carbocycles. The van der Waals surface area contributed by atoms with E-state index in [4.69, 9.17) is 16.3 Å². The van der Waals surface area contributed by atoms with Crippen molar-refractivity contribution in [2.75, 3.05) is 19.7 Å². The minimum atomic E-state index is -0.272. The van der Waals surface area contributed by atoms with Gasteiger partial charge in [0.15, 0.2) is 0 Å². The zero-order chi connectivity index (χ0) is 15.5. The molecular formula is C16H20ClN3O2. The number of morpholine rings is 1. The topological polar surface area (TPSA) is 66.2 Å². The van der Waals surface area contributed by atoms with Crippen LogP contribution >= 0.6 is 11.6 Å². The molecule has 0 bridgehead atoms. The standard InChI is InChI=1S/C16H20ClN3O2/c1-10-15(18-6-7-22-10)16(21)19-5-4-11-9-20-14-3-2-12(17)8-13(11)14/h2-3,8-10,15,18,20H,4-7H2,1H3,(H,19,21)/t10-,15+/m1/s1. The Kier molecular flexibility index (Phi) is 4.66. The van der Waals surface area contributed by atoms with Crippen LogP contribution in [-0.2, 0) is 16.0 Å². The number of aromatic amines is 1. The molecule has 2 heterocycles. The van der Waals surface area contributed by atoms with Crippen LogP contribution in [0.4, 0.5) is 0 Å². The minimum Gasteiger partial charge on any atom is -0.375 e. The van der Waals surface area contributed by atoms with Crippen molar-refractivity contribution < 1.29 is 9.53 Å². The van der Waals surface area contributed by atoms with Crippen molar-refractivity contribution in [3.05, 3.63) is 35.0 Å². The lowest BCUT2D eigenvalue weighted by atomic mass is 10.1. The maximum Gasteiger partial charge on any atom is 0.239 e. The molecule has 1 amide bonds. The Morgan fingerprint density at radius 2 is 2.36 bits per heavy atom. The van der Waals surface area contributed by atoms with Crippen LogP contribution in [0.5, 0.6) is 0 Å². The quantitative estimate of drug-likeness (QED) is 0.805. The highest BCUT2D eigenvalue weighted by atomic mass is 35.5. The molecule has 1 fully saturated rings. The van der Waals surface area contributed by atoms with Crippen molar-refractivity contribution in [3.8, 4) is 0 Å². The third kappa shape index (κ3) is 3.27. The molecule has 0 radical (unpaired) electrons. The number of H-pyrrole nitrogens is 1. The lowest BCUT2D eigenvalue weighted by Gasteiger charge is -2.29. The Balaban J connectivity index is 1.58. The number of carbonyl (C=O) groups excluding carboxylic acids is 1. The number of ether oxygens (including phenoxy) is 1.